The first kappa shape index (κ1) is 13.5. The topological polar surface area (TPSA) is 52.3 Å². The highest BCUT2D eigenvalue weighted by molar-refractivity contribution is 6.03. The van der Waals surface area contributed by atoms with Gasteiger partial charge in [-0.3, -0.25) is 4.79 Å². The molecule has 0 saturated heterocycles. The number of Topliss-reactive ketones (excluding diaryl/α,β-unsaturated/α-hetero) is 1. The molecule has 3 nitrogen and oxygen atoms in total. The molecule has 1 aromatic carbocycles. The van der Waals surface area contributed by atoms with Crippen molar-refractivity contribution < 1.29 is 22.7 Å². The Kier molecular flexibility index (Phi) is 3.47. The van der Waals surface area contributed by atoms with Gasteiger partial charge in [-0.1, -0.05) is 12.1 Å². The number of carbonyl (C=O) groups is 1. The summed E-state index contributed by atoms with van der Waals surface area (Å²) < 4.78 is 42.6. The summed E-state index contributed by atoms with van der Waals surface area (Å²) in [5.74, 6) is -0.891. The van der Waals surface area contributed by atoms with E-state index >= 15 is 0 Å². The summed E-state index contributed by atoms with van der Waals surface area (Å²) in [4.78, 5) is 11.7. The largest absolute Gasteiger partial charge is 0.497 e. The molecule has 6 heteroatoms. The lowest BCUT2D eigenvalue weighted by Gasteiger charge is -2.26. The molecule has 1 unspecified atom stereocenters. The van der Waals surface area contributed by atoms with E-state index in [1.807, 2.05) is 0 Å². The predicted molar refractivity (Wildman–Crippen MR) is 56.0 cm³/mol. The van der Waals surface area contributed by atoms with Crippen LogP contribution in [0.4, 0.5) is 13.2 Å². The number of hydrogen-bond donors (Lipinski definition) is 1. The molecular weight excluding hydrogens is 235 g/mol. The van der Waals surface area contributed by atoms with Crippen molar-refractivity contribution in [3.05, 3.63) is 29.8 Å². The van der Waals surface area contributed by atoms with Crippen LogP contribution in [0.5, 0.6) is 5.75 Å². The molecule has 17 heavy (non-hydrogen) atoms. The molecule has 0 amide bonds. The normalized spacial score (nSPS) is 15.2. The first-order chi connectivity index (χ1) is 7.70. The number of halogens is 3. The Morgan fingerprint density at radius 2 is 1.94 bits per heavy atom. The minimum atomic E-state index is -4.80. The molecular formula is C11H12F3NO2. The maximum Gasteiger partial charge on any atom is 0.413 e. The number of ketones is 1. The summed E-state index contributed by atoms with van der Waals surface area (Å²) in [5, 5.41) is 0. The van der Waals surface area contributed by atoms with Crippen molar-refractivity contribution in [2.75, 3.05) is 7.11 Å². The van der Waals surface area contributed by atoms with Crippen LogP contribution in [0.15, 0.2) is 24.3 Å². The summed E-state index contributed by atoms with van der Waals surface area (Å²) in [6.45, 7) is 0.648. The Morgan fingerprint density at radius 3 is 2.41 bits per heavy atom. The SMILES string of the molecule is COc1cccc(C(=O)C(C)(N)C(F)(F)F)c1. The van der Waals surface area contributed by atoms with E-state index in [0.29, 0.717) is 12.7 Å². The Labute approximate surface area is 96.4 Å². The van der Waals surface area contributed by atoms with Crippen LogP contribution in [-0.4, -0.2) is 24.6 Å². The molecule has 0 radical (unpaired) electrons. The maximum absolute atomic E-state index is 12.6. The minimum Gasteiger partial charge on any atom is -0.497 e. The molecule has 0 aromatic heterocycles. The number of rotatable bonds is 3. The molecule has 0 heterocycles. The second kappa shape index (κ2) is 4.37. The van der Waals surface area contributed by atoms with Crippen molar-refractivity contribution >= 4 is 5.78 Å². The first-order valence-electron chi connectivity index (χ1n) is 4.74. The zero-order valence-electron chi connectivity index (χ0n) is 9.34. The summed E-state index contributed by atoms with van der Waals surface area (Å²) in [6.07, 6.45) is -4.80. The Balaban J connectivity index is 3.12. The van der Waals surface area contributed by atoms with Gasteiger partial charge in [0.05, 0.1) is 7.11 Å². The second-order valence-electron chi connectivity index (χ2n) is 3.76. The van der Waals surface area contributed by atoms with E-state index in [1.165, 1.54) is 31.4 Å². The Hall–Kier alpha value is -1.56. The molecule has 0 aliphatic heterocycles. The summed E-state index contributed by atoms with van der Waals surface area (Å²) in [7, 11) is 1.36. The number of nitrogens with two attached hydrogens (primary N) is 1. The molecule has 2 N–H and O–H groups in total. The molecule has 0 bridgehead atoms. The van der Waals surface area contributed by atoms with Gasteiger partial charge in [0.2, 0.25) is 0 Å². The highest BCUT2D eigenvalue weighted by Gasteiger charge is 2.53. The van der Waals surface area contributed by atoms with Gasteiger partial charge in [0.15, 0.2) is 11.3 Å². The molecule has 94 valence electrons. The van der Waals surface area contributed by atoms with Gasteiger partial charge < -0.3 is 10.5 Å². The Morgan fingerprint density at radius 1 is 1.35 bits per heavy atom. The predicted octanol–water partition coefficient (Wildman–Crippen LogP) is 2.16. The van der Waals surface area contributed by atoms with Crippen LogP contribution in [-0.2, 0) is 0 Å². The van der Waals surface area contributed by atoms with Crippen molar-refractivity contribution in [3.8, 4) is 5.75 Å². The average molecular weight is 247 g/mol. The van der Waals surface area contributed by atoms with Crippen molar-refractivity contribution in [3.63, 3.8) is 0 Å². The number of benzene rings is 1. The second-order valence-corrected chi connectivity index (χ2v) is 3.76. The standard InChI is InChI=1S/C11H12F3NO2/c1-10(15,11(12,13)14)9(16)7-4-3-5-8(6-7)17-2/h3-6H,15H2,1-2H3. The lowest BCUT2D eigenvalue weighted by molar-refractivity contribution is -0.165. The number of alkyl halides is 3. The average Bonchev–Trinajstić information content (AvgIpc) is 2.26. The van der Waals surface area contributed by atoms with Gasteiger partial charge in [-0.05, 0) is 19.1 Å². The van der Waals surface area contributed by atoms with Gasteiger partial charge in [-0.15, -0.1) is 0 Å². The van der Waals surface area contributed by atoms with Gasteiger partial charge in [-0.25, -0.2) is 0 Å². The fourth-order valence-electron chi connectivity index (χ4n) is 1.19. The fraction of sp³-hybridized carbons (Fsp3) is 0.364. The van der Waals surface area contributed by atoms with Gasteiger partial charge in [0, 0.05) is 5.56 Å². The monoisotopic (exact) mass is 247 g/mol. The molecule has 0 aliphatic carbocycles. The lowest BCUT2D eigenvalue weighted by atomic mass is 9.91. The van der Waals surface area contributed by atoms with Crippen molar-refractivity contribution in [2.45, 2.75) is 18.6 Å². The van der Waals surface area contributed by atoms with Crippen LogP contribution in [0.3, 0.4) is 0 Å². The van der Waals surface area contributed by atoms with Crippen LogP contribution in [0.1, 0.15) is 17.3 Å². The van der Waals surface area contributed by atoms with Crippen molar-refractivity contribution in [1.29, 1.82) is 0 Å². The lowest BCUT2D eigenvalue weighted by Crippen LogP contribution is -2.57. The maximum atomic E-state index is 12.6. The van der Waals surface area contributed by atoms with Crippen LogP contribution < -0.4 is 10.5 Å². The third-order valence-electron chi connectivity index (χ3n) is 2.39. The number of carbonyl (C=O) groups excluding carboxylic acids is 1. The van der Waals surface area contributed by atoms with E-state index in [1.54, 1.807) is 0 Å². The van der Waals surface area contributed by atoms with E-state index < -0.39 is 17.5 Å². The van der Waals surface area contributed by atoms with E-state index in [2.05, 4.69) is 0 Å². The zero-order valence-corrected chi connectivity index (χ0v) is 9.34. The van der Waals surface area contributed by atoms with E-state index in [0.717, 1.165) is 0 Å². The quantitative estimate of drug-likeness (QED) is 0.833. The van der Waals surface area contributed by atoms with Gasteiger partial charge in [-0.2, -0.15) is 13.2 Å². The van der Waals surface area contributed by atoms with Crippen molar-refractivity contribution in [2.24, 2.45) is 5.73 Å². The fourth-order valence-corrected chi connectivity index (χ4v) is 1.19. The smallest absolute Gasteiger partial charge is 0.413 e. The number of hydrogen-bond acceptors (Lipinski definition) is 3. The van der Waals surface area contributed by atoms with Crippen LogP contribution in [0.2, 0.25) is 0 Å². The molecule has 0 aliphatic rings. The number of methoxy groups -OCH3 is 1. The molecule has 1 aromatic rings. The van der Waals surface area contributed by atoms with Crippen LogP contribution in [0.25, 0.3) is 0 Å². The molecule has 1 rings (SSSR count). The highest BCUT2D eigenvalue weighted by Crippen LogP contribution is 2.31. The molecule has 0 spiro atoms. The first-order valence-corrected chi connectivity index (χ1v) is 4.74. The third-order valence-corrected chi connectivity index (χ3v) is 2.39. The molecule has 0 fully saturated rings. The highest BCUT2D eigenvalue weighted by atomic mass is 19.4. The van der Waals surface area contributed by atoms with Gasteiger partial charge in [0.25, 0.3) is 0 Å². The third kappa shape index (κ3) is 2.58. The summed E-state index contributed by atoms with van der Waals surface area (Å²) in [5.41, 5.74) is 2.01. The van der Waals surface area contributed by atoms with Gasteiger partial charge >= 0.3 is 6.18 Å². The minimum absolute atomic E-state index is 0.133. The van der Waals surface area contributed by atoms with Crippen LogP contribution in [0, 0.1) is 0 Å². The molecule has 0 saturated carbocycles. The van der Waals surface area contributed by atoms with E-state index in [4.69, 9.17) is 10.5 Å². The summed E-state index contributed by atoms with van der Waals surface area (Å²) in [6, 6.07) is 5.44. The van der Waals surface area contributed by atoms with Crippen molar-refractivity contribution in [1.82, 2.24) is 0 Å². The van der Waals surface area contributed by atoms with E-state index in [9.17, 15) is 18.0 Å². The Bertz CT molecular complexity index is 427. The van der Waals surface area contributed by atoms with Crippen LogP contribution >= 0.6 is 0 Å². The zero-order chi connectivity index (χ0) is 13.3. The van der Waals surface area contributed by atoms with Gasteiger partial charge in [0.1, 0.15) is 5.75 Å². The van der Waals surface area contributed by atoms with E-state index in [-0.39, 0.29) is 5.56 Å². The summed E-state index contributed by atoms with van der Waals surface area (Å²) >= 11 is 0. The number of ether oxygens (including phenoxy) is 1. The molecule has 1 atom stereocenters.